The first-order valence-corrected chi connectivity index (χ1v) is 9.98. The van der Waals surface area contributed by atoms with Crippen LogP contribution in [0.15, 0.2) is 86.8 Å². The first kappa shape index (κ1) is 19.7. The number of nitrogens with one attached hydrogen (secondary N) is 2. The number of carbonyl (C=O) groups is 1. The van der Waals surface area contributed by atoms with Gasteiger partial charge in [0.05, 0.1) is 5.69 Å². The number of hydrogen-bond acceptors (Lipinski definition) is 5. The summed E-state index contributed by atoms with van der Waals surface area (Å²) in [4.78, 5) is 13.0. The summed E-state index contributed by atoms with van der Waals surface area (Å²) in [6.45, 7) is 1.79. The number of phenolic OH excluding ortho intramolecular Hbond substituents is 1. The van der Waals surface area contributed by atoms with E-state index in [0.717, 1.165) is 21.1 Å². The molecule has 0 radical (unpaired) electrons. The van der Waals surface area contributed by atoms with Gasteiger partial charge in [0.1, 0.15) is 16.9 Å². The molecule has 0 atom stereocenters. The molecule has 150 valence electrons. The highest BCUT2D eigenvalue weighted by atomic mass is 79.9. The van der Waals surface area contributed by atoms with E-state index in [9.17, 15) is 9.90 Å². The zero-order valence-electron chi connectivity index (χ0n) is 16.0. The number of para-hydroxylation sites is 1. The SMILES string of the molecule is Cc1ccc(NC(=O)c2cc3ccccc3o/c2=N\Nc2ccc(Br)cc2)cc1O. The van der Waals surface area contributed by atoms with Gasteiger partial charge in [0.2, 0.25) is 5.55 Å². The van der Waals surface area contributed by atoms with Crippen LogP contribution < -0.4 is 16.3 Å². The fourth-order valence-corrected chi connectivity index (χ4v) is 3.10. The van der Waals surface area contributed by atoms with Crippen molar-refractivity contribution in [3.05, 3.63) is 94.0 Å². The summed E-state index contributed by atoms with van der Waals surface area (Å²) in [6.07, 6.45) is 0. The third-order valence-electron chi connectivity index (χ3n) is 4.50. The molecule has 0 unspecified atom stereocenters. The minimum absolute atomic E-state index is 0.109. The Balaban J connectivity index is 1.73. The van der Waals surface area contributed by atoms with Crippen molar-refractivity contribution in [1.29, 1.82) is 0 Å². The molecule has 1 amide bonds. The molecular weight excluding hydrogens is 446 g/mol. The average Bonchev–Trinajstić information content (AvgIpc) is 2.75. The van der Waals surface area contributed by atoms with Crippen LogP contribution in [0.3, 0.4) is 0 Å². The van der Waals surface area contributed by atoms with Gasteiger partial charge in [0.15, 0.2) is 0 Å². The van der Waals surface area contributed by atoms with Crippen molar-refractivity contribution < 1.29 is 14.3 Å². The maximum atomic E-state index is 13.0. The summed E-state index contributed by atoms with van der Waals surface area (Å²) in [7, 11) is 0. The van der Waals surface area contributed by atoms with Crippen molar-refractivity contribution in [2.45, 2.75) is 6.92 Å². The van der Waals surface area contributed by atoms with Crippen LogP contribution in [-0.4, -0.2) is 11.0 Å². The summed E-state index contributed by atoms with van der Waals surface area (Å²) in [6, 6.07) is 21.5. The zero-order chi connectivity index (χ0) is 21.1. The molecule has 3 aromatic carbocycles. The normalized spacial score (nSPS) is 11.5. The van der Waals surface area contributed by atoms with Crippen molar-refractivity contribution in [2.24, 2.45) is 5.10 Å². The summed E-state index contributed by atoms with van der Waals surface area (Å²) in [5.74, 6) is -0.290. The molecule has 0 saturated heterocycles. The van der Waals surface area contributed by atoms with Gasteiger partial charge < -0.3 is 14.8 Å². The Kier molecular flexibility index (Phi) is 5.54. The Hall–Kier alpha value is -3.58. The molecule has 7 heteroatoms. The number of aromatic hydroxyl groups is 1. The molecule has 0 aliphatic rings. The maximum Gasteiger partial charge on any atom is 0.261 e. The van der Waals surface area contributed by atoms with Crippen molar-refractivity contribution in [3.63, 3.8) is 0 Å². The highest BCUT2D eigenvalue weighted by Crippen LogP contribution is 2.21. The van der Waals surface area contributed by atoms with Gasteiger partial charge in [-0.25, -0.2) is 0 Å². The highest BCUT2D eigenvalue weighted by Gasteiger charge is 2.13. The van der Waals surface area contributed by atoms with Crippen LogP contribution in [0.1, 0.15) is 15.9 Å². The van der Waals surface area contributed by atoms with E-state index < -0.39 is 5.91 Å². The predicted octanol–water partition coefficient (Wildman–Crippen LogP) is 5.39. The molecule has 3 N–H and O–H groups in total. The smallest absolute Gasteiger partial charge is 0.261 e. The third-order valence-corrected chi connectivity index (χ3v) is 5.03. The van der Waals surface area contributed by atoms with Crippen molar-refractivity contribution >= 4 is 44.2 Å². The second-order valence-electron chi connectivity index (χ2n) is 6.69. The predicted molar refractivity (Wildman–Crippen MR) is 120 cm³/mol. The molecular formula is C23H18BrN3O3. The summed E-state index contributed by atoms with van der Waals surface area (Å²) < 4.78 is 6.84. The van der Waals surface area contributed by atoms with Gasteiger partial charge in [-0.15, -0.1) is 5.10 Å². The number of hydrogen-bond donors (Lipinski definition) is 3. The molecule has 4 aromatic rings. The minimum Gasteiger partial charge on any atom is -0.508 e. The number of benzene rings is 3. The number of carbonyl (C=O) groups excluding carboxylic acids is 1. The van der Waals surface area contributed by atoms with Crippen LogP contribution in [0.2, 0.25) is 0 Å². The van der Waals surface area contributed by atoms with Gasteiger partial charge in [-0.1, -0.05) is 40.2 Å². The van der Waals surface area contributed by atoms with Crippen LogP contribution in [0.5, 0.6) is 5.75 Å². The molecule has 0 saturated carbocycles. The number of nitrogens with zero attached hydrogens (tertiary/aromatic N) is 1. The first-order chi connectivity index (χ1) is 14.5. The topological polar surface area (TPSA) is 86.9 Å². The van der Waals surface area contributed by atoms with E-state index in [2.05, 4.69) is 31.8 Å². The van der Waals surface area contributed by atoms with E-state index in [1.165, 1.54) is 6.07 Å². The van der Waals surface area contributed by atoms with Crippen molar-refractivity contribution in [3.8, 4) is 5.75 Å². The third kappa shape index (κ3) is 4.36. The Labute approximate surface area is 181 Å². The number of fused-ring (bicyclic) bond motifs is 1. The first-order valence-electron chi connectivity index (χ1n) is 9.19. The lowest BCUT2D eigenvalue weighted by Crippen LogP contribution is -2.22. The largest absolute Gasteiger partial charge is 0.508 e. The maximum absolute atomic E-state index is 13.0. The van der Waals surface area contributed by atoms with Gasteiger partial charge in [-0.3, -0.25) is 10.2 Å². The van der Waals surface area contributed by atoms with Gasteiger partial charge in [0.25, 0.3) is 5.91 Å². The van der Waals surface area contributed by atoms with Gasteiger partial charge in [-0.05, 0) is 55.0 Å². The Bertz CT molecular complexity index is 1300. The lowest BCUT2D eigenvalue weighted by Gasteiger charge is -2.08. The van der Waals surface area contributed by atoms with Gasteiger partial charge in [0, 0.05) is 21.6 Å². The fraction of sp³-hybridized carbons (Fsp3) is 0.0435. The van der Waals surface area contributed by atoms with Crippen LogP contribution in [0.25, 0.3) is 11.0 Å². The van der Waals surface area contributed by atoms with E-state index in [1.807, 2.05) is 48.5 Å². The molecule has 1 aromatic heterocycles. The molecule has 0 bridgehead atoms. The highest BCUT2D eigenvalue weighted by molar-refractivity contribution is 9.10. The summed E-state index contributed by atoms with van der Waals surface area (Å²) in [5.41, 5.74) is 5.88. The number of anilines is 2. The number of halogens is 1. The summed E-state index contributed by atoms with van der Waals surface area (Å²) >= 11 is 3.39. The number of amides is 1. The number of aryl methyl sites for hydroxylation is 1. The molecule has 6 nitrogen and oxygen atoms in total. The van der Waals surface area contributed by atoms with Crippen LogP contribution >= 0.6 is 15.9 Å². The Morgan fingerprint density at radius 3 is 2.50 bits per heavy atom. The summed E-state index contributed by atoms with van der Waals surface area (Å²) in [5, 5.41) is 17.8. The molecule has 0 aliphatic heterocycles. The van der Waals surface area contributed by atoms with Crippen molar-refractivity contribution in [1.82, 2.24) is 0 Å². The monoisotopic (exact) mass is 463 g/mol. The average molecular weight is 464 g/mol. The zero-order valence-corrected chi connectivity index (χ0v) is 17.6. The van der Waals surface area contributed by atoms with E-state index >= 15 is 0 Å². The van der Waals surface area contributed by atoms with Crippen molar-refractivity contribution in [2.75, 3.05) is 10.7 Å². The van der Waals surface area contributed by atoms with E-state index in [0.29, 0.717) is 11.3 Å². The standard InChI is InChI=1S/C23H18BrN3O3/c1-14-6-9-18(13-20(14)28)25-22(29)19-12-15-4-2-3-5-21(15)30-23(19)27-26-17-10-7-16(24)8-11-17/h2-13,26,28H,1H3,(H,25,29)/b27-23-. The van der Waals surface area contributed by atoms with Gasteiger partial charge in [-0.2, -0.15) is 0 Å². The fourth-order valence-electron chi connectivity index (χ4n) is 2.84. The van der Waals surface area contributed by atoms with E-state index in [4.69, 9.17) is 4.42 Å². The Morgan fingerprint density at radius 1 is 1.00 bits per heavy atom. The van der Waals surface area contributed by atoms with E-state index in [-0.39, 0.29) is 16.9 Å². The number of phenols is 1. The Morgan fingerprint density at radius 2 is 1.73 bits per heavy atom. The lowest BCUT2D eigenvalue weighted by atomic mass is 10.1. The molecule has 4 rings (SSSR count). The van der Waals surface area contributed by atoms with Crippen LogP contribution in [0, 0.1) is 6.92 Å². The molecule has 0 aliphatic carbocycles. The van der Waals surface area contributed by atoms with E-state index in [1.54, 1.807) is 25.1 Å². The van der Waals surface area contributed by atoms with Gasteiger partial charge >= 0.3 is 0 Å². The quantitative estimate of drug-likeness (QED) is 0.354. The molecule has 0 fully saturated rings. The van der Waals surface area contributed by atoms with Crippen LogP contribution in [-0.2, 0) is 0 Å². The molecule has 0 spiro atoms. The number of rotatable bonds is 4. The molecule has 30 heavy (non-hydrogen) atoms. The lowest BCUT2D eigenvalue weighted by molar-refractivity contribution is 0.102. The second kappa shape index (κ2) is 8.42. The molecule has 1 heterocycles. The second-order valence-corrected chi connectivity index (χ2v) is 7.60. The van der Waals surface area contributed by atoms with Crippen LogP contribution in [0.4, 0.5) is 11.4 Å². The minimum atomic E-state index is -0.399.